The summed E-state index contributed by atoms with van der Waals surface area (Å²) in [6.07, 6.45) is -4.68. The van der Waals surface area contributed by atoms with E-state index in [1.54, 1.807) is 20.8 Å². The van der Waals surface area contributed by atoms with Crippen LogP contribution in [0.2, 0.25) is 0 Å². The average molecular weight is 296 g/mol. The molecule has 108 valence electrons. The summed E-state index contributed by atoms with van der Waals surface area (Å²) in [5.41, 5.74) is -1.66. The molecule has 0 aliphatic rings. The SMILES string of the molecule is CCOC(=O)c1c(C(F)(F)F)nn(CC)c1SCC. The zero-order valence-corrected chi connectivity index (χ0v) is 11.7. The molecule has 0 bridgehead atoms. The first kappa shape index (κ1) is 15.9. The lowest BCUT2D eigenvalue weighted by Crippen LogP contribution is -2.14. The largest absolute Gasteiger partial charge is 0.462 e. The number of nitrogens with zero attached hydrogens (tertiary/aromatic N) is 2. The van der Waals surface area contributed by atoms with Gasteiger partial charge in [-0.25, -0.2) is 4.79 Å². The number of halogens is 3. The Balaban J connectivity index is 3.42. The summed E-state index contributed by atoms with van der Waals surface area (Å²) in [4.78, 5) is 11.7. The first-order valence-electron chi connectivity index (χ1n) is 5.84. The van der Waals surface area contributed by atoms with Crippen molar-refractivity contribution in [3.05, 3.63) is 11.3 Å². The van der Waals surface area contributed by atoms with E-state index >= 15 is 0 Å². The fraction of sp³-hybridized carbons (Fsp3) is 0.636. The lowest BCUT2D eigenvalue weighted by molar-refractivity contribution is -0.142. The molecule has 0 radical (unpaired) electrons. The molecule has 0 amide bonds. The van der Waals surface area contributed by atoms with Crippen LogP contribution < -0.4 is 0 Å². The molecule has 0 spiro atoms. The summed E-state index contributed by atoms with van der Waals surface area (Å²) in [6.45, 7) is 5.28. The van der Waals surface area contributed by atoms with E-state index in [9.17, 15) is 18.0 Å². The normalized spacial score (nSPS) is 11.7. The zero-order valence-electron chi connectivity index (χ0n) is 10.9. The smallest absolute Gasteiger partial charge is 0.436 e. The number of esters is 1. The summed E-state index contributed by atoms with van der Waals surface area (Å²) in [6, 6.07) is 0. The lowest BCUT2D eigenvalue weighted by atomic mass is 10.2. The highest BCUT2D eigenvalue weighted by Gasteiger charge is 2.42. The van der Waals surface area contributed by atoms with Crippen molar-refractivity contribution in [2.75, 3.05) is 12.4 Å². The minimum atomic E-state index is -4.68. The second-order valence-electron chi connectivity index (χ2n) is 3.50. The standard InChI is InChI=1S/C11H15F3N2O2S/c1-4-16-9(19-6-3)7(10(17)18-5-2)8(15-16)11(12,13)14/h4-6H2,1-3H3. The van der Waals surface area contributed by atoms with Gasteiger partial charge in [-0.15, -0.1) is 11.8 Å². The van der Waals surface area contributed by atoms with Crippen LogP contribution in [0.5, 0.6) is 0 Å². The summed E-state index contributed by atoms with van der Waals surface area (Å²) >= 11 is 1.14. The van der Waals surface area contributed by atoms with E-state index in [1.165, 1.54) is 4.68 Å². The molecule has 0 aliphatic heterocycles. The molecule has 8 heteroatoms. The van der Waals surface area contributed by atoms with E-state index in [2.05, 4.69) is 5.10 Å². The van der Waals surface area contributed by atoms with Crippen molar-refractivity contribution in [2.45, 2.75) is 38.5 Å². The van der Waals surface area contributed by atoms with E-state index in [0.29, 0.717) is 5.75 Å². The molecule has 0 aliphatic carbocycles. The zero-order chi connectivity index (χ0) is 14.6. The summed E-state index contributed by atoms with van der Waals surface area (Å²) in [5.74, 6) is -0.444. The minimum Gasteiger partial charge on any atom is -0.462 e. The molecule has 0 saturated heterocycles. The third-order valence-electron chi connectivity index (χ3n) is 2.23. The molecule has 0 atom stereocenters. The monoisotopic (exact) mass is 296 g/mol. The van der Waals surface area contributed by atoms with Crippen LogP contribution in [0, 0.1) is 0 Å². The Labute approximate surface area is 113 Å². The number of aryl methyl sites for hydroxylation is 1. The maximum atomic E-state index is 12.9. The van der Waals surface area contributed by atoms with Crippen molar-refractivity contribution in [2.24, 2.45) is 0 Å². The van der Waals surface area contributed by atoms with Gasteiger partial charge in [0.2, 0.25) is 0 Å². The molecule has 0 N–H and O–H groups in total. The van der Waals surface area contributed by atoms with Crippen molar-refractivity contribution < 1.29 is 22.7 Å². The predicted molar refractivity (Wildman–Crippen MR) is 65.3 cm³/mol. The van der Waals surface area contributed by atoms with Crippen LogP contribution in [-0.2, 0) is 17.5 Å². The highest BCUT2D eigenvalue weighted by atomic mass is 32.2. The number of ether oxygens (including phenoxy) is 1. The van der Waals surface area contributed by atoms with Crippen LogP contribution in [0.25, 0.3) is 0 Å². The van der Waals surface area contributed by atoms with E-state index in [0.717, 1.165) is 11.8 Å². The molecular formula is C11H15F3N2O2S. The van der Waals surface area contributed by atoms with E-state index in [4.69, 9.17) is 4.74 Å². The molecule has 0 fully saturated rings. The van der Waals surface area contributed by atoms with Gasteiger partial charge in [-0.3, -0.25) is 4.68 Å². The third-order valence-corrected chi connectivity index (χ3v) is 3.21. The molecular weight excluding hydrogens is 281 g/mol. The second-order valence-corrected chi connectivity index (χ2v) is 4.75. The third kappa shape index (κ3) is 3.43. The van der Waals surface area contributed by atoms with Gasteiger partial charge < -0.3 is 4.74 Å². The summed E-state index contributed by atoms with van der Waals surface area (Å²) < 4.78 is 44.7. The highest BCUT2D eigenvalue weighted by Crippen LogP contribution is 2.36. The summed E-state index contributed by atoms with van der Waals surface area (Å²) in [5, 5.41) is 3.70. The van der Waals surface area contributed by atoms with Crippen LogP contribution in [0.3, 0.4) is 0 Å². The molecule has 1 aromatic heterocycles. The molecule has 0 unspecified atom stereocenters. The average Bonchev–Trinajstić information content (AvgIpc) is 2.68. The summed E-state index contributed by atoms with van der Waals surface area (Å²) in [7, 11) is 0. The predicted octanol–water partition coefficient (Wildman–Crippen LogP) is 3.21. The van der Waals surface area contributed by atoms with E-state index in [1.807, 2.05) is 0 Å². The van der Waals surface area contributed by atoms with Gasteiger partial charge in [-0.1, -0.05) is 6.92 Å². The number of alkyl halides is 3. The Hall–Kier alpha value is -1.18. The Bertz CT molecular complexity index is 458. The molecule has 1 heterocycles. The van der Waals surface area contributed by atoms with Crippen LogP contribution in [-0.4, -0.2) is 28.1 Å². The van der Waals surface area contributed by atoms with Gasteiger partial charge in [0.25, 0.3) is 0 Å². The van der Waals surface area contributed by atoms with Crippen LogP contribution in [0.15, 0.2) is 5.03 Å². The second kappa shape index (κ2) is 6.31. The van der Waals surface area contributed by atoms with Crippen molar-refractivity contribution >= 4 is 17.7 Å². The number of aromatic nitrogens is 2. The Morgan fingerprint density at radius 2 is 2.00 bits per heavy atom. The van der Waals surface area contributed by atoms with Crippen molar-refractivity contribution in [3.8, 4) is 0 Å². The van der Waals surface area contributed by atoms with Crippen LogP contribution in [0.4, 0.5) is 13.2 Å². The maximum Gasteiger partial charge on any atom is 0.436 e. The van der Waals surface area contributed by atoms with Gasteiger partial charge in [0.05, 0.1) is 6.61 Å². The van der Waals surface area contributed by atoms with Gasteiger partial charge in [0, 0.05) is 6.54 Å². The Morgan fingerprint density at radius 3 is 2.42 bits per heavy atom. The van der Waals surface area contributed by atoms with Gasteiger partial charge in [0.1, 0.15) is 10.6 Å². The van der Waals surface area contributed by atoms with Crippen LogP contribution >= 0.6 is 11.8 Å². The first-order chi connectivity index (χ1) is 8.86. The van der Waals surface area contributed by atoms with Gasteiger partial charge >= 0.3 is 12.1 Å². The number of carbonyl (C=O) groups excluding carboxylic acids is 1. The highest BCUT2D eigenvalue weighted by molar-refractivity contribution is 7.99. The van der Waals surface area contributed by atoms with E-state index < -0.39 is 23.4 Å². The molecule has 1 rings (SSSR count). The molecule has 0 aromatic carbocycles. The quantitative estimate of drug-likeness (QED) is 0.618. The molecule has 1 aromatic rings. The van der Waals surface area contributed by atoms with Crippen molar-refractivity contribution in [1.29, 1.82) is 0 Å². The number of thioether (sulfide) groups is 1. The lowest BCUT2D eigenvalue weighted by Gasteiger charge is -2.07. The fourth-order valence-electron chi connectivity index (χ4n) is 1.53. The number of hydrogen-bond acceptors (Lipinski definition) is 4. The first-order valence-corrected chi connectivity index (χ1v) is 6.83. The Morgan fingerprint density at radius 1 is 1.37 bits per heavy atom. The van der Waals surface area contributed by atoms with Gasteiger partial charge in [-0.2, -0.15) is 18.3 Å². The molecule has 19 heavy (non-hydrogen) atoms. The fourth-order valence-corrected chi connectivity index (χ4v) is 2.45. The Kier molecular flexibility index (Phi) is 5.28. The number of hydrogen-bond donors (Lipinski definition) is 0. The number of rotatable bonds is 5. The number of carbonyl (C=O) groups is 1. The van der Waals surface area contributed by atoms with Crippen molar-refractivity contribution in [3.63, 3.8) is 0 Å². The molecule has 0 saturated carbocycles. The van der Waals surface area contributed by atoms with Gasteiger partial charge in [0.15, 0.2) is 5.69 Å². The maximum absolute atomic E-state index is 12.9. The molecule has 4 nitrogen and oxygen atoms in total. The van der Waals surface area contributed by atoms with E-state index in [-0.39, 0.29) is 18.2 Å². The van der Waals surface area contributed by atoms with Crippen molar-refractivity contribution in [1.82, 2.24) is 9.78 Å². The van der Waals surface area contributed by atoms with Gasteiger partial charge in [-0.05, 0) is 19.6 Å². The topological polar surface area (TPSA) is 44.1 Å². The van der Waals surface area contributed by atoms with Crippen LogP contribution in [0.1, 0.15) is 36.8 Å². The minimum absolute atomic E-state index is 0.0175.